The highest BCUT2D eigenvalue weighted by molar-refractivity contribution is 4.51. The number of hydrogen-bond acceptors (Lipinski definition) is 2. The van der Waals surface area contributed by atoms with Gasteiger partial charge in [0, 0.05) is 6.42 Å². The van der Waals surface area contributed by atoms with Gasteiger partial charge in [-0.3, -0.25) is 4.90 Å². The van der Waals surface area contributed by atoms with Crippen molar-refractivity contribution < 1.29 is 5.06 Å². The Hall–Kier alpha value is -0.120. The average molecular weight is 287 g/mol. The average Bonchev–Trinajstić information content (AvgIpc) is 2.41. The first kappa shape index (κ1) is 19.9. The molecule has 0 fully saturated rings. The molecule has 0 heterocycles. The van der Waals surface area contributed by atoms with E-state index < -0.39 is 0 Å². The summed E-state index contributed by atoms with van der Waals surface area (Å²) in [5, 5.41) is 12.4. The fourth-order valence-corrected chi connectivity index (χ4v) is 2.83. The van der Waals surface area contributed by atoms with Crippen LogP contribution in [-0.4, -0.2) is 31.7 Å². The monoisotopic (exact) mass is 286 g/mol. The molecule has 0 aromatic rings. The number of hydroxylamine groups is 2. The summed E-state index contributed by atoms with van der Waals surface area (Å²) in [6, 6.07) is 0. The van der Waals surface area contributed by atoms with Crippen molar-refractivity contribution in [2.45, 2.75) is 90.6 Å². The molecule has 0 bridgehead atoms. The zero-order valence-corrected chi connectivity index (χ0v) is 14.4. The molecule has 1 N–H and O–H groups in total. The normalized spacial score (nSPS) is 14.7. The second-order valence-corrected chi connectivity index (χ2v) is 6.29. The lowest BCUT2D eigenvalue weighted by atomic mass is 10.1. The number of rotatable bonds is 14. The fourth-order valence-electron chi connectivity index (χ4n) is 2.83. The Morgan fingerprint density at radius 1 is 0.800 bits per heavy atom. The van der Waals surface area contributed by atoms with Crippen LogP contribution in [0.1, 0.15) is 84.5 Å². The van der Waals surface area contributed by atoms with Crippen LogP contribution in [0.15, 0.2) is 0 Å². The van der Waals surface area contributed by atoms with Crippen LogP contribution in [0.4, 0.5) is 0 Å². The SMILES string of the molecule is CCCCCCCCCCCC[NH+]([O-])C(CC)N(C)C. The van der Waals surface area contributed by atoms with Gasteiger partial charge in [-0.1, -0.05) is 65.2 Å². The molecule has 0 rings (SSSR count). The van der Waals surface area contributed by atoms with E-state index in [0.29, 0.717) is 5.06 Å². The van der Waals surface area contributed by atoms with Crippen LogP contribution in [-0.2, 0) is 0 Å². The summed E-state index contributed by atoms with van der Waals surface area (Å²) in [5.74, 6) is 0. The van der Waals surface area contributed by atoms with Gasteiger partial charge in [-0.05, 0) is 26.9 Å². The number of nitrogens with zero attached hydrogens (tertiary/aromatic N) is 1. The number of hydrogen-bond donors (Lipinski definition) is 1. The van der Waals surface area contributed by atoms with E-state index in [1.165, 1.54) is 57.8 Å². The van der Waals surface area contributed by atoms with Gasteiger partial charge in [0.15, 0.2) is 0 Å². The molecule has 0 aliphatic carbocycles. The Labute approximate surface area is 127 Å². The Morgan fingerprint density at radius 3 is 1.65 bits per heavy atom. The van der Waals surface area contributed by atoms with Crippen LogP contribution in [0.5, 0.6) is 0 Å². The van der Waals surface area contributed by atoms with Crippen LogP contribution in [0.3, 0.4) is 0 Å². The largest absolute Gasteiger partial charge is 0.633 e. The van der Waals surface area contributed by atoms with Crippen LogP contribution in [0.2, 0.25) is 0 Å². The maximum absolute atomic E-state index is 12.0. The van der Waals surface area contributed by atoms with Crippen molar-refractivity contribution in [1.82, 2.24) is 4.90 Å². The first-order chi connectivity index (χ1) is 9.63. The van der Waals surface area contributed by atoms with Gasteiger partial charge in [-0.25, -0.2) is 0 Å². The number of nitrogens with one attached hydrogen (secondary N) is 1. The molecule has 2 atom stereocenters. The van der Waals surface area contributed by atoms with Crippen molar-refractivity contribution in [1.29, 1.82) is 0 Å². The summed E-state index contributed by atoms with van der Waals surface area (Å²) in [6.07, 6.45) is 14.4. The summed E-state index contributed by atoms with van der Waals surface area (Å²) < 4.78 is 0. The lowest BCUT2D eigenvalue weighted by Crippen LogP contribution is -3.13. The second kappa shape index (κ2) is 13.8. The number of unbranched alkanes of at least 4 members (excludes halogenated alkanes) is 9. The molecule has 2 unspecified atom stereocenters. The molecule has 0 spiro atoms. The van der Waals surface area contributed by atoms with E-state index >= 15 is 0 Å². The maximum atomic E-state index is 12.0. The maximum Gasteiger partial charge on any atom is 0.142 e. The standard InChI is InChI=1S/C17H38N2O/c1-5-7-8-9-10-11-12-13-14-15-16-19(20)17(6-2)18(3)4/h17,19H,5-16H2,1-4H3. The molecule has 0 radical (unpaired) electrons. The Morgan fingerprint density at radius 2 is 1.25 bits per heavy atom. The minimum absolute atomic E-state index is 0.133. The summed E-state index contributed by atoms with van der Waals surface area (Å²) >= 11 is 0. The highest BCUT2D eigenvalue weighted by atomic mass is 16.5. The molecule has 3 nitrogen and oxygen atoms in total. The second-order valence-electron chi connectivity index (χ2n) is 6.29. The van der Waals surface area contributed by atoms with Gasteiger partial charge in [-0.15, -0.1) is 0 Å². The van der Waals surface area contributed by atoms with Gasteiger partial charge in [0.05, 0.1) is 6.54 Å². The molecule has 0 aromatic heterocycles. The summed E-state index contributed by atoms with van der Waals surface area (Å²) in [6.45, 7) is 5.13. The van der Waals surface area contributed by atoms with Crippen LogP contribution >= 0.6 is 0 Å². The quantitative estimate of drug-likeness (QED) is 0.300. The molecule has 3 heteroatoms. The molecule has 0 saturated carbocycles. The lowest BCUT2D eigenvalue weighted by molar-refractivity contribution is -0.888. The molecule has 0 amide bonds. The van der Waals surface area contributed by atoms with E-state index in [4.69, 9.17) is 0 Å². The van der Waals surface area contributed by atoms with Crippen LogP contribution in [0.25, 0.3) is 0 Å². The van der Waals surface area contributed by atoms with Crippen molar-refractivity contribution in [3.05, 3.63) is 5.21 Å². The predicted octanol–water partition coefficient (Wildman–Crippen LogP) is 3.59. The van der Waals surface area contributed by atoms with Gasteiger partial charge >= 0.3 is 0 Å². The Balaban J connectivity index is 3.35. The smallest absolute Gasteiger partial charge is 0.142 e. The van der Waals surface area contributed by atoms with E-state index in [1.807, 2.05) is 14.1 Å². The zero-order chi connectivity index (χ0) is 15.2. The van der Waals surface area contributed by atoms with Crippen molar-refractivity contribution in [3.63, 3.8) is 0 Å². The van der Waals surface area contributed by atoms with Gasteiger partial charge < -0.3 is 10.3 Å². The van der Waals surface area contributed by atoms with Crippen molar-refractivity contribution in [2.75, 3.05) is 20.6 Å². The van der Waals surface area contributed by atoms with Gasteiger partial charge in [0.1, 0.15) is 6.17 Å². The van der Waals surface area contributed by atoms with E-state index in [0.717, 1.165) is 19.4 Å². The van der Waals surface area contributed by atoms with Crippen LogP contribution < -0.4 is 5.06 Å². The summed E-state index contributed by atoms with van der Waals surface area (Å²) in [7, 11) is 4.01. The Bertz CT molecular complexity index is 197. The van der Waals surface area contributed by atoms with Crippen molar-refractivity contribution in [3.8, 4) is 0 Å². The minimum atomic E-state index is 0.133. The van der Waals surface area contributed by atoms with Gasteiger partial charge in [-0.2, -0.15) is 0 Å². The molecule has 0 aromatic carbocycles. The van der Waals surface area contributed by atoms with E-state index in [2.05, 4.69) is 18.7 Å². The van der Waals surface area contributed by atoms with Crippen molar-refractivity contribution >= 4 is 0 Å². The van der Waals surface area contributed by atoms with E-state index in [-0.39, 0.29) is 6.17 Å². The highest BCUT2D eigenvalue weighted by Gasteiger charge is 2.14. The lowest BCUT2D eigenvalue weighted by Gasteiger charge is -2.35. The zero-order valence-electron chi connectivity index (χ0n) is 14.4. The number of quaternary nitrogens is 1. The fraction of sp³-hybridized carbons (Fsp3) is 1.00. The summed E-state index contributed by atoms with van der Waals surface area (Å²) in [5.41, 5.74) is 0. The molecule has 0 aliphatic heterocycles. The van der Waals surface area contributed by atoms with E-state index in [9.17, 15) is 5.21 Å². The first-order valence-electron chi connectivity index (χ1n) is 8.82. The van der Waals surface area contributed by atoms with Gasteiger partial charge in [0.2, 0.25) is 0 Å². The molecular formula is C17H38N2O. The van der Waals surface area contributed by atoms with Gasteiger partial charge in [0.25, 0.3) is 0 Å². The minimum Gasteiger partial charge on any atom is -0.633 e. The third-order valence-corrected chi connectivity index (χ3v) is 4.16. The first-order valence-corrected chi connectivity index (χ1v) is 8.82. The topological polar surface area (TPSA) is 30.7 Å². The Kier molecular flexibility index (Phi) is 13.8. The van der Waals surface area contributed by atoms with E-state index in [1.54, 1.807) is 0 Å². The summed E-state index contributed by atoms with van der Waals surface area (Å²) in [4.78, 5) is 2.05. The third-order valence-electron chi connectivity index (χ3n) is 4.16. The van der Waals surface area contributed by atoms with Crippen molar-refractivity contribution in [2.24, 2.45) is 0 Å². The molecule has 20 heavy (non-hydrogen) atoms. The van der Waals surface area contributed by atoms with Crippen LogP contribution in [0, 0.1) is 5.21 Å². The third kappa shape index (κ3) is 10.6. The highest BCUT2D eigenvalue weighted by Crippen LogP contribution is 2.10. The molecule has 0 saturated heterocycles. The molecule has 122 valence electrons. The molecule has 0 aliphatic rings. The molecular weight excluding hydrogens is 248 g/mol. The predicted molar refractivity (Wildman–Crippen MR) is 88.8 cm³/mol.